The summed E-state index contributed by atoms with van der Waals surface area (Å²) in [6, 6.07) is 0.606. The number of carboxylic acid groups (broad SMARTS) is 1. The summed E-state index contributed by atoms with van der Waals surface area (Å²) in [6.07, 6.45) is 4.50. The molecular formula is C11H23NO2. The molecule has 0 spiro atoms. The molecule has 0 aromatic heterocycles. The van der Waals surface area contributed by atoms with Crippen LogP contribution in [0.3, 0.4) is 0 Å². The number of aliphatic carboxylic acids is 1. The molecule has 0 amide bonds. The third kappa shape index (κ3) is 8.05. The zero-order valence-electron chi connectivity index (χ0n) is 9.62. The van der Waals surface area contributed by atoms with Crippen molar-refractivity contribution in [2.45, 2.75) is 52.0 Å². The molecule has 0 aromatic rings. The van der Waals surface area contributed by atoms with Gasteiger partial charge in [0.05, 0.1) is 0 Å². The summed E-state index contributed by atoms with van der Waals surface area (Å²) in [5.41, 5.74) is 0. The molecule has 0 heterocycles. The van der Waals surface area contributed by atoms with Crippen molar-refractivity contribution < 1.29 is 9.90 Å². The van der Waals surface area contributed by atoms with Crippen LogP contribution in [-0.2, 0) is 4.79 Å². The van der Waals surface area contributed by atoms with Crippen LogP contribution < -0.4 is 0 Å². The monoisotopic (exact) mass is 201 g/mol. The topological polar surface area (TPSA) is 40.5 Å². The van der Waals surface area contributed by atoms with Gasteiger partial charge in [-0.25, -0.2) is 0 Å². The van der Waals surface area contributed by atoms with E-state index in [0.717, 1.165) is 25.8 Å². The number of carbonyl (C=O) groups is 1. The van der Waals surface area contributed by atoms with Gasteiger partial charge in [-0.15, -0.1) is 0 Å². The molecular weight excluding hydrogens is 178 g/mol. The zero-order valence-corrected chi connectivity index (χ0v) is 9.62. The predicted octanol–water partition coefficient (Wildman–Crippen LogP) is 2.36. The number of rotatable bonds is 8. The Morgan fingerprint density at radius 3 is 2.29 bits per heavy atom. The second kappa shape index (κ2) is 7.80. The standard InChI is InChI=1S/C11H23NO2/c1-10(2)12(3)9-7-5-4-6-8-11(13)14/h10H,4-9H2,1-3H3,(H,13,14). The molecule has 1 N–H and O–H groups in total. The minimum Gasteiger partial charge on any atom is -0.481 e. The molecule has 0 aromatic carbocycles. The number of unbranched alkanes of at least 4 members (excludes halogenated alkanes) is 3. The normalized spacial score (nSPS) is 11.2. The van der Waals surface area contributed by atoms with Crippen LogP contribution in [0.25, 0.3) is 0 Å². The van der Waals surface area contributed by atoms with Crippen molar-refractivity contribution >= 4 is 5.97 Å². The average Bonchev–Trinajstić information content (AvgIpc) is 2.09. The Balaban J connectivity index is 3.17. The van der Waals surface area contributed by atoms with Crippen LogP contribution in [0.1, 0.15) is 46.0 Å². The maximum absolute atomic E-state index is 10.2. The van der Waals surface area contributed by atoms with Crippen molar-refractivity contribution in [1.82, 2.24) is 4.90 Å². The average molecular weight is 201 g/mol. The highest BCUT2D eigenvalue weighted by Gasteiger charge is 2.02. The molecule has 0 aliphatic rings. The number of carboxylic acids is 1. The predicted molar refractivity (Wildman–Crippen MR) is 58.5 cm³/mol. The molecule has 0 aliphatic carbocycles. The first-order chi connectivity index (χ1) is 6.54. The largest absolute Gasteiger partial charge is 0.481 e. The van der Waals surface area contributed by atoms with Gasteiger partial charge in [0.2, 0.25) is 0 Å². The minimum absolute atomic E-state index is 0.319. The van der Waals surface area contributed by atoms with Gasteiger partial charge in [-0.05, 0) is 40.3 Å². The molecule has 0 aliphatic heterocycles. The minimum atomic E-state index is -0.677. The van der Waals surface area contributed by atoms with Gasteiger partial charge in [0.25, 0.3) is 0 Å². The molecule has 0 fully saturated rings. The van der Waals surface area contributed by atoms with Gasteiger partial charge in [0, 0.05) is 12.5 Å². The van der Waals surface area contributed by atoms with Crippen LogP contribution in [-0.4, -0.2) is 35.6 Å². The van der Waals surface area contributed by atoms with E-state index in [9.17, 15) is 4.79 Å². The Morgan fingerprint density at radius 1 is 1.21 bits per heavy atom. The van der Waals surface area contributed by atoms with E-state index in [4.69, 9.17) is 5.11 Å². The number of hydrogen-bond donors (Lipinski definition) is 1. The molecule has 3 heteroatoms. The first kappa shape index (κ1) is 13.4. The van der Waals surface area contributed by atoms with E-state index in [2.05, 4.69) is 25.8 Å². The fourth-order valence-corrected chi connectivity index (χ4v) is 1.25. The second-order valence-corrected chi connectivity index (χ2v) is 4.13. The summed E-state index contributed by atoms with van der Waals surface area (Å²) in [4.78, 5) is 12.5. The van der Waals surface area contributed by atoms with E-state index in [1.165, 1.54) is 6.42 Å². The molecule has 0 unspecified atom stereocenters. The first-order valence-corrected chi connectivity index (χ1v) is 5.46. The Hall–Kier alpha value is -0.570. The van der Waals surface area contributed by atoms with Gasteiger partial charge in [-0.2, -0.15) is 0 Å². The summed E-state index contributed by atoms with van der Waals surface area (Å²) in [6.45, 7) is 5.49. The summed E-state index contributed by atoms with van der Waals surface area (Å²) < 4.78 is 0. The van der Waals surface area contributed by atoms with Gasteiger partial charge in [-0.3, -0.25) is 4.79 Å². The van der Waals surface area contributed by atoms with E-state index < -0.39 is 5.97 Å². The fraction of sp³-hybridized carbons (Fsp3) is 0.909. The van der Waals surface area contributed by atoms with Gasteiger partial charge < -0.3 is 10.0 Å². The van der Waals surface area contributed by atoms with Crippen molar-refractivity contribution in [2.24, 2.45) is 0 Å². The Kier molecular flexibility index (Phi) is 7.48. The van der Waals surface area contributed by atoms with Crippen LogP contribution in [0.2, 0.25) is 0 Å². The maximum Gasteiger partial charge on any atom is 0.303 e. The van der Waals surface area contributed by atoms with E-state index >= 15 is 0 Å². The Bertz CT molecular complexity index is 157. The maximum atomic E-state index is 10.2. The van der Waals surface area contributed by atoms with Crippen LogP contribution in [0.4, 0.5) is 0 Å². The van der Waals surface area contributed by atoms with Gasteiger partial charge in [0.15, 0.2) is 0 Å². The lowest BCUT2D eigenvalue weighted by Gasteiger charge is -2.20. The molecule has 0 rings (SSSR count). The Morgan fingerprint density at radius 2 is 1.79 bits per heavy atom. The summed E-state index contributed by atoms with van der Waals surface area (Å²) in [7, 11) is 2.13. The van der Waals surface area contributed by atoms with E-state index in [0.29, 0.717) is 12.5 Å². The fourth-order valence-electron chi connectivity index (χ4n) is 1.25. The van der Waals surface area contributed by atoms with E-state index in [1.807, 2.05) is 0 Å². The van der Waals surface area contributed by atoms with Crippen molar-refractivity contribution in [3.05, 3.63) is 0 Å². The first-order valence-electron chi connectivity index (χ1n) is 5.46. The highest BCUT2D eigenvalue weighted by atomic mass is 16.4. The highest BCUT2D eigenvalue weighted by molar-refractivity contribution is 5.66. The van der Waals surface area contributed by atoms with E-state index in [-0.39, 0.29) is 0 Å². The lowest BCUT2D eigenvalue weighted by atomic mass is 10.1. The van der Waals surface area contributed by atoms with Crippen LogP contribution >= 0.6 is 0 Å². The third-order valence-electron chi connectivity index (χ3n) is 2.53. The van der Waals surface area contributed by atoms with Crippen LogP contribution in [0, 0.1) is 0 Å². The molecule has 3 nitrogen and oxygen atoms in total. The number of hydrogen-bond acceptors (Lipinski definition) is 2. The van der Waals surface area contributed by atoms with Gasteiger partial charge in [-0.1, -0.05) is 12.8 Å². The highest BCUT2D eigenvalue weighted by Crippen LogP contribution is 2.04. The summed E-state index contributed by atoms with van der Waals surface area (Å²) in [5.74, 6) is -0.677. The molecule has 14 heavy (non-hydrogen) atoms. The van der Waals surface area contributed by atoms with Gasteiger partial charge >= 0.3 is 5.97 Å². The van der Waals surface area contributed by atoms with Crippen molar-refractivity contribution in [3.63, 3.8) is 0 Å². The molecule has 84 valence electrons. The smallest absolute Gasteiger partial charge is 0.303 e. The van der Waals surface area contributed by atoms with E-state index in [1.54, 1.807) is 0 Å². The zero-order chi connectivity index (χ0) is 11.0. The lowest BCUT2D eigenvalue weighted by molar-refractivity contribution is -0.137. The SMILES string of the molecule is CC(C)N(C)CCCCCCC(=O)O. The molecule has 0 saturated heterocycles. The van der Waals surface area contributed by atoms with Gasteiger partial charge in [0.1, 0.15) is 0 Å². The number of nitrogens with zero attached hydrogens (tertiary/aromatic N) is 1. The Labute approximate surface area is 87.1 Å². The van der Waals surface area contributed by atoms with Crippen molar-refractivity contribution in [1.29, 1.82) is 0 Å². The van der Waals surface area contributed by atoms with Crippen molar-refractivity contribution in [3.8, 4) is 0 Å². The van der Waals surface area contributed by atoms with Crippen molar-refractivity contribution in [2.75, 3.05) is 13.6 Å². The molecule has 0 atom stereocenters. The van der Waals surface area contributed by atoms with Crippen LogP contribution in [0.5, 0.6) is 0 Å². The quantitative estimate of drug-likeness (QED) is 0.613. The molecule has 0 radical (unpaired) electrons. The van der Waals surface area contributed by atoms with Crippen LogP contribution in [0.15, 0.2) is 0 Å². The second-order valence-electron chi connectivity index (χ2n) is 4.13. The third-order valence-corrected chi connectivity index (χ3v) is 2.53. The summed E-state index contributed by atoms with van der Waals surface area (Å²) >= 11 is 0. The molecule has 0 bridgehead atoms. The molecule has 0 saturated carbocycles. The lowest BCUT2D eigenvalue weighted by Crippen LogP contribution is -2.27. The summed E-state index contributed by atoms with van der Waals surface area (Å²) in [5, 5.41) is 8.42.